The predicted molar refractivity (Wildman–Crippen MR) is 132 cm³/mol. The van der Waals surface area contributed by atoms with E-state index in [1.807, 2.05) is 25.1 Å². The van der Waals surface area contributed by atoms with E-state index < -0.39 is 0 Å². The van der Waals surface area contributed by atoms with E-state index in [2.05, 4.69) is 38.3 Å². The number of hydrogen-bond acceptors (Lipinski definition) is 6. The van der Waals surface area contributed by atoms with Gasteiger partial charge in [0, 0.05) is 10.8 Å². The lowest BCUT2D eigenvalue weighted by Gasteiger charge is -2.13. The summed E-state index contributed by atoms with van der Waals surface area (Å²) in [5, 5.41) is 22.8. The number of anilines is 1. The Bertz CT molecular complexity index is 1190. The Balaban J connectivity index is 1.33. The molecule has 2 aromatic heterocycles. The molecule has 0 unspecified atom stereocenters. The molecule has 170 valence electrons. The molecule has 8 heteroatoms. The highest BCUT2D eigenvalue weighted by Gasteiger charge is 2.31. The Morgan fingerprint density at radius 3 is 2.79 bits per heavy atom. The fourth-order valence-corrected chi connectivity index (χ4v) is 6.42. The van der Waals surface area contributed by atoms with Crippen LogP contribution >= 0.6 is 23.1 Å². The fraction of sp³-hybridized carbons (Fsp3) is 0.440. The van der Waals surface area contributed by atoms with Gasteiger partial charge < -0.3 is 9.88 Å². The van der Waals surface area contributed by atoms with Crippen molar-refractivity contribution < 1.29 is 4.79 Å². The van der Waals surface area contributed by atoms with Crippen LogP contribution in [0.15, 0.2) is 35.5 Å². The molecule has 1 fully saturated rings. The van der Waals surface area contributed by atoms with Crippen molar-refractivity contribution >= 4 is 34.0 Å². The lowest BCUT2D eigenvalue weighted by Crippen LogP contribution is -2.23. The molecule has 0 bridgehead atoms. The van der Waals surface area contributed by atoms with Crippen molar-refractivity contribution in [3.63, 3.8) is 0 Å². The number of carbonyl (C=O) groups is 1. The van der Waals surface area contributed by atoms with Gasteiger partial charge in [0.05, 0.1) is 17.4 Å². The monoisotopic (exact) mass is 477 g/mol. The Morgan fingerprint density at radius 1 is 1.24 bits per heavy atom. The van der Waals surface area contributed by atoms with E-state index in [-0.39, 0.29) is 11.2 Å². The topological polar surface area (TPSA) is 83.6 Å². The van der Waals surface area contributed by atoms with Crippen LogP contribution in [0.1, 0.15) is 72.3 Å². The second-order valence-corrected chi connectivity index (χ2v) is 11.2. The molecule has 6 nitrogen and oxygen atoms in total. The normalized spacial score (nSPS) is 16.5. The number of thiophene rings is 1. The smallest absolute Gasteiger partial charge is 0.238 e. The number of rotatable bonds is 7. The Labute approximate surface area is 202 Å². The summed E-state index contributed by atoms with van der Waals surface area (Å²) in [4.78, 5) is 14.4. The number of hydrogen-bond donors (Lipinski definition) is 1. The summed E-state index contributed by atoms with van der Waals surface area (Å²) in [6, 6.07) is 12.6. The molecule has 1 N–H and O–H groups in total. The summed E-state index contributed by atoms with van der Waals surface area (Å²) < 4.78 is 2.16. The number of nitriles is 1. The van der Waals surface area contributed by atoms with Gasteiger partial charge in [-0.15, -0.1) is 21.5 Å². The van der Waals surface area contributed by atoms with Crippen molar-refractivity contribution in [3.8, 4) is 6.07 Å². The zero-order valence-corrected chi connectivity index (χ0v) is 20.3. The number of amides is 1. The maximum absolute atomic E-state index is 13.1. The molecule has 3 aromatic rings. The first-order valence-corrected chi connectivity index (χ1v) is 13.3. The van der Waals surface area contributed by atoms with Gasteiger partial charge in [0.25, 0.3) is 0 Å². The first-order chi connectivity index (χ1) is 16.1. The number of thioether (sulfide) groups is 1. The van der Waals surface area contributed by atoms with Crippen LogP contribution in [0.3, 0.4) is 0 Å². The van der Waals surface area contributed by atoms with Crippen molar-refractivity contribution in [1.29, 1.82) is 5.26 Å². The number of aromatic nitrogens is 3. The van der Waals surface area contributed by atoms with Crippen molar-refractivity contribution in [2.75, 3.05) is 5.32 Å². The second kappa shape index (κ2) is 9.70. The van der Waals surface area contributed by atoms with Crippen LogP contribution in [0.5, 0.6) is 0 Å². The molecular formula is C25H27N5OS2. The number of fused-ring (bicyclic) bond motifs is 1. The van der Waals surface area contributed by atoms with Gasteiger partial charge in [-0.3, -0.25) is 4.79 Å². The van der Waals surface area contributed by atoms with E-state index in [4.69, 9.17) is 0 Å². The highest BCUT2D eigenvalue weighted by atomic mass is 32.2. The zero-order valence-electron chi connectivity index (χ0n) is 18.7. The highest BCUT2D eigenvalue weighted by Crippen LogP contribution is 2.41. The number of nitrogens with zero attached hydrogens (tertiary/aromatic N) is 4. The highest BCUT2D eigenvalue weighted by molar-refractivity contribution is 8.00. The molecule has 1 aromatic carbocycles. The van der Waals surface area contributed by atoms with Crippen LogP contribution in [0.4, 0.5) is 5.00 Å². The lowest BCUT2D eigenvalue weighted by molar-refractivity contribution is -0.115. The third-order valence-corrected chi connectivity index (χ3v) is 8.58. The predicted octanol–water partition coefficient (Wildman–Crippen LogP) is 5.53. The third kappa shape index (κ3) is 4.85. The molecule has 5 rings (SSSR count). The number of aryl methyl sites for hydroxylation is 1. The molecule has 2 aliphatic carbocycles. The van der Waals surface area contributed by atoms with Crippen molar-refractivity contribution in [2.24, 2.45) is 0 Å². The molecule has 0 spiro atoms. The van der Waals surface area contributed by atoms with Gasteiger partial charge in [0.1, 0.15) is 16.9 Å². The Kier molecular flexibility index (Phi) is 6.52. The van der Waals surface area contributed by atoms with Crippen LogP contribution in [-0.2, 0) is 24.2 Å². The van der Waals surface area contributed by atoms with Crippen LogP contribution in [0.2, 0.25) is 0 Å². The van der Waals surface area contributed by atoms with Crippen molar-refractivity contribution in [2.45, 2.75) is 74.7 Å². The second-order valence-electron chi connectivity index (χ2n) is 8.82. The maximum atomic E-state index is 13.1. The van der Waals surface area contributed by atoms with Gasteiger partial charge in [-0.1, -0.05) is 48.5 Å². The molecule has 0 aliphatic heterocycles. The molecule has 33 heavy (non-hydrogen) atoms. The lowest BCUT2D eigenvalue weighted by atomic mass is 10.1. The molecule has 1 atom stereocenters. The molecule has 1 amide bonds. The van der Waals surface area contributed by atoms with Gasteiger partial charge in [0.15, 0.2) is 5.16 Å². The molecule has 0 saturated heterocycles. The molecular weight excluding hydrogens is 450 g/mol. The van der Waals surface area contributed by atoms with E-state index in [9.17, 15) is 10.1 Å². The average molecular weight is 478 g/mol. The van der Waals surface area contributed by atoms with E-state index in [0.717, 1.165) is 55.1 Å². The standard InChI is InChI=1S/C25H27N5OS2/c1-16(23(31)27-24-20(14-26)19-10-6-3-7-11-21(19)33-24)32-25-29-28-22(18-12-13-18)30(25)15-17-8-4-2-5-9-17/h2,4-5,8-9,16,18H,3,6-7,10-13,15H2,1H3,(H,27,31)/t16-/m0/s1. The largest absolute Gasteiger partial charge is 0.316 e. The molecule has 0 radical (unpaired) electrons. The van der Waals surface area contributed by atoms with E-state index >= 15 is 0 Å². The number of benzene rings is 1. The van der Waals surface area contributed by atoms with Gasteiger partial charge in [-0.2, -0.15) is 5.26 Å². The van der Waals surface area contributed by atoms with Crippen molar-refractivity contribution in [3.05, 3.63) is 57.7 Å². The van der Waals surface area contributed by atoms with Crippen LogP contribution in [0.25, 0.3) is 0 Å². The average Bonchev–Trinajstić information content (AvgIpc) is 3.57. The summed E-state index contributed by atoms with van der Waals surface area (Å²) in [6.45, 7) is 2.59. The quantitative estimate of drug-likeness (QED) is 0.358. The van der Waals surface area contributed by atoms with Gasteiger partial charge in [0.2, 0.25) is 5.91 Å². The minimum Gasteiger partial charge on any atom is -0.316 e. The minimum atomic E-state index is -0.357. The molecule has 2 aliphatic rings. The summed E-state index contributed by atoms with van der Waals surface area (Å²) >= 11 is 3.01. The van der Waals surface area contributed by atoms with Crippen molar-refractivity contribution in [1.82, 2.24) is 14.8 Å². The molecule has 2 heterocycles. The summed E-state index contributed by atoms with van der Waals surface area (Å²) in [5.41, 5.74) is 3.00. The van der Waals surface area contributed by atoms with Gasteiger partial charge in [-0.25, -0.2) is 0 Å². The van der Waals surface area contributed by atoms with E-state index in [0.29, 0.717) is 23.0 Å². The van der Waals surface area contributed by atoms with Crippen LogP contribution < -0.4 is 5.32 Å². The third-order valence-electron chi connectivity index (χ3n) is 6.29. The Hall–Kier alpha value is -2.63. The number of nitrogens with one attached hydrogen (secondary N) is 1. The SMILES string of the molecule is C[C@H](Sc1nnc(C2CC2)n1Cc1ccccc1)C(=O)Nc1sc2c(c1C#N)CCCCC2. The Morgan fingerprint density at radius 2 is 2.03 bits per heavy atom. The minimum absolute atomic E-state index is 0.102. The summed E-state index contributed by atoms with van der Waals surface area (Å²) in [7, 11) is 0. The summed E-state index contributed by atoms with van der Waals surface area (Å²) in [6.07, 6.45) is 7.69. The fourth-order valence-electron chi connectivity index (χ4n) is 4.32. The van der Waals surface area contributed by atoms with Crippen LogP contribution in [-0.4, -0.2) is 25.9 Å². The molecule has 1 saturated carbocycles. The first kappa shape index (κ1) is 22.2. The van der Waals surface area contributed by atoms with E-state index in [1.165, 1.54) is 28.6 Å². The van der Waals surface area contributed by atoms with Gasteiger partial charge >= 0.3 is 0 Å². The zero-order chi connectivity index (χ0) is 22.8. The first-order valence-electron chi connectivity index (χ1n) is 11.6. The number of carbonyl (C=O) groups excluding carboxylic acids is 1. The van der Waals surface area contributed by atoms with Gasteiger partial charge in [-0.05, 0) is 56.6 Å². The van der Waals surface area contributed by atoms with Crippen LogP contribution in [0, 0.1) is 11.3 Å². The summed E-state index contributed by atoms with van der Waals surface area (Å²) in [5.74, 6) is 1.39. The maximum Gasteiger partial charge on any atom is 0.238 e. The van der Waals surface area contributed by atoms with E-state index in [1.54, 1.807) is 11.3 Å².